The fraction of sp³-hybridized carbons (Fsp3) is 0.727. The largest absolute Gasteiger partial charge is 0.433 e. The van der Waals surface area contributed by atoms with E-state index < -0.39 is 12.3 Å². The highest BCUT2D eigenvalue weighted by Crippen LogP contribution is 2.09. The van der Waals surface area contributed by atoms with Crippen LogP contribution < -0.4 is 0 Å². The summed E-state index contributed by atoms with van der Waals surface area (Å²) in [7, 11) is 1.54. The Balaban J connectivity index is 3.57. The number of unbranched alkanes of at least 4 members (excludes halogenated alkanes) is 3. The van der Waals surface area contributed by atoms with E-state index in [-0.39, 0.29) is 0 Å². The SMILES string of the molecule is C=CC(=O)OC(CCCCCC)OC. The van der Waals surface area contributed by atoms with Gasteiger partial charge >= 0.3 is 5.97 Å². The summed E-state index contributed by atoms with van der Waals surface area (Å²) in [6, 6.07) is 0. The summed E-state index contributed by atoms with van der Waals surface area (Å²) in [6.07, 6.45) is 6.08. The van der Waals surface area contributed by atoms with E-state index in [4.69, 9.17) is 9.47 Å². The summed E-state index contributed by atoms with van der Waals surface area (Å²) in [4.78, 5) is 10.8. The van der Waals surface area contributed by atoms with Gasteiger partial charge in [0.25, 0.3) is 0 Å². The molecule has 0 aromatic carbocycles. The smallest absolute Gasteiger partial charge is 0.332 e. The zero-order valence-corrected chi connectivity index (χ0v) is 9.12. The number of ether oxygens (including phenoxy) is 2. The quantitative estimate of drug-likeness (QED) is 0.261. The Morgan fingerprint density at radius 2 is 2.14 bits per heavy atom. The van der Waals surface area contributed by atoms with Crippen LogP contribution in [0, 0.1) is 0 Å². The van der Waals surface area contributed by atoms with Crippen LogP contribution in [0.2, 0.25) is 0 Å². The molecule has 0 radical (unpaired) electrons. The van der Waals surface area contributed by atoms with Gasteiger partial charge in [0.1, 0.15) is 0 Å². The molecule has 3 nitrogen and oxygen atoms in total. The van der Waals surface area contributed by atoms with E-state index in [0.29, 0.717) is 0 Å². The first kappa shape index (κ1) is 13.2. The summed E-state index contributed by atoms with van der Waals surface area (Å²) in [5, 5.41) is 0. The lowest BCUT2D eigenvalue weighted by Crippen LogP contribution is -2.18. The molecule has 0 aromatic heterocycles. The highest BCUT2D eigenvalue weighted by molar-refractivity contribution is 5.81. The Kier molecular flexibility index (Phi) is 8.24. The standard InChI is InChI=1S/C11H20O3/c1-4-6-7-8-9-11(13-3)14-10(12)5-2/h5,11H,2,4,6-9H2,1,3H3. The van der Waals surface area contributed by atoms with Crippen LogP contribution in [0.5, 0.6) is 0 Å². The zero-order valence-electron chi connectivity index (χ0n) is 9.12. The van der Waals surface area contributed by atoms with Gasteiger partial charge in [-0.05, 0) is 6.42 Å². The number of hydrogen-bond donors (Lipinski definition) is 0. The summed E-state index contributed by atoms with van der Waals surface area (Å²) >= 11 is 0. The molecule has 82 valence electrons. The van der Waals surface area contributed by atoms with Crippen molar-refractivity contribution in [1.82, 2.24) is 0 Å². The van der Waals surface area contributed by atoms with Gasteiger partial charge in [0.2, 0.25) is 6.29 Å². The molecule has 0 aliphatic rings. The van der Waals surface area contributed by atoms with Crippen LogP contribution in [0.15, 0.2) is 12.7 Å². The molecule has 0 saturated heterocycles. The third-order valence-electron chi connectivity index (χ3n) is 1.97. The maximum Gasteiger partial charge on any atom is 0.332 e. The van der Waals surface area contributed by atoms with Crippen molar-refractivity contribution < 1.29 is 14.3 Å². The maximum absolute atomic E-state index is 10.8. The van der Waals surface area contributed by atoms with Gasteiger partial charge in [-0.2, -0.15) is 0 Å². The van der Waals surface area contributed by atoms with Crippen molar-refractivity contribution in [2.75, 3.05) is 7.11 Å². The first-order chi connectivity index (χ1) is 6.74. The maximum atomic E-state index is 10.8. The molecule has 14 heavy (non-hydrogen) atoms. The first-order valence-corrected chi connectivity index (χ1v) is 5.10. The van der Waals surface area contributed by atoms with Crippen molar-refractivity contribution in [2.45, 2.75) is 45.3 Å². The minimum atomic E-state index is -0.424. The van der Waals surface area contributed by atoms with Crippen LogP contribution >= 0.6 is 0 Å². The molecule has 3 heteroatoms. The molecule has 1 atom stereocenters. The van der Waals surface area contributed by atoms with Gasteiger partial charge in [0.15, 0.2) is 0 Å². The Hall–Kier alpha value is -0.830. The normalized spacial score (nSPS) is 12.1. The van der Waals surface area contributed by atoms with Crippen LogP contribution in [0.3, 0.4) is 0 Å². The van der Waals surface area contributed by atoms with Gasteiger partial charge in [-0.25, -0.2) is 4.79 Å². The average Bonchev–Trinajstić information content (AvgIpc) is 2.22. The Bertz CT molecular complexity index is 166. The van der Waals surface area contributed by atoms with E-state index in [1.54, 1.807) is 7.11 Å². The second kappa shape index (κ2) is 8.75. The molecule has 1 unspecified atom stereocenters. The van der Waals surface area contributed by atoms with Crippen LogP contribution in [-0.4, -0.2) is 19.4 Å². The molecule has 0 amide bonds. The number of carbonyl (C=O) groups is 1. The van der Waals surface area contributed by atoms with Gasteiger partial charge < -0.3 is 9.47 Å². The summed E-state index contributed by atoms with van der Waals surface area (Å²) in [5.41, 5.74) is 0. The van der Waals surface area contributed by atoms with Gasteiger partial charge in [0.05, 0.1) is 0 Å². The Morgan fingerprint density at radius 1 is 1.43 bits per heavy atom. The van der Waals surface area contributed by atoms with Crippen molar-refractivity contribution in [3.05, 3.63) is 12.7 Å². The first-order valence-electron chi connectivity index (χ1n) is 5.10. The van der Waals surface area contributed by atoms with Gasteiger partial charge in [-0.15, -0.1) is 0 Å². The Morgan fingerprint density at radius 3 is 2.64 bits per heavy atom. The monoisotopic (exact) mass is 200 g/mol. The van der Waals surface area contributed by atoms with Crippen molar-refractivity contribution >= 4 is 5.97 Å². The number of rotatable bonds is 8. The van der Waals surface area contributed by atoms with E-state index >= 15 is 0 Å². The lowest BCUT2D eigenvalue weighted by molar-refractivity contribution is -0.168. The van der Waals surface area contributed by atoms with Crippen LogP contribution in [0.25, 0.3) is 0 Å². The lowest BCUT2D eigenvalue weighted by Gasteiger charge is -2.14. The van der Waals surface area contributed by atoms with Crippen molar-refractivity contribution in [3.8, 4) is 0 Å². The van der Waals surface area contributed by atoms with E-state index in [9.17, 15) is 4.79 Å². The van der Waals surface area contributed by atoms with Crippen molar-refractivity contribution in [1.29, 1.82) is 0 Å². The van der Waals surface area contributed by atoms with Gasteiger partial charge in [-0.3, -0.25) is 0 Å². The molecule has 0 heterocycles. The molecule has 0 saturated carbocycles. The average molecular weight is 200 g/mol. The van der Waals surface area contributed by atoms with E-state index in [1.165, 1.54) is 12.8 Å². The van der Waals surface area contributed by atoms with Crippen LogP contribution in [-0.2, 0) is 14.3 Å². The molecule has 0 aliphatic heterocycles. The van der Waals surface area contributed by atoms with Crippen LogP contribution in [0.4, 0.5) is 0 Å². The topological polar surface area (TPSA) is 35.5 Å². The minimum absolute atomic E-state index is 0.419. The molecule has 0 spiro atoms. The van der Waals surface area contributed by atoms with Gasteiger partial charge in [-0.1, -0.05) is 32.8 Å². The second-order valence-electron chi connectivity index (χ2n) is 3.16. The van der Waals surface area contributed by atoms with Crippen molar-refractivity contribution in [3.63, 3.8) is 0 Å². The molecule has 0 fully saturated rings. The molecule has 0 N–H and O–H groups in total. The number of esters is 1. The Labute approximate surface area is 86.1 Å². The third-order valence-corrected chi connectivity index (χ3v) is 1.97. The number of hydrogen-bond acceptors (Lipinski definition) is 3. The van der Waals surface area contributed by atoms with Crippen molar-refractivity contribution in [2.24, 2.45) is 0 Å². The minimum Gasteiger partial charge on any atom is -0.433 e. The van der Waals surface area contributed by atoms with Gasteiger partial charge in [0, 0.05) is 19.6 Å². The lowest BCUT2D eigenvalue weighted by atomic mass is 10.1. The predicted molar refractivity (Wildman–Crippen MR) is 55.8 cm³/mol. The molecule has 0 rings (SSSR count). The summed E-state index contributed by atoms with van der Waals surface area (Å²) < 4.78 is 9.96. The molecular weight excluding hydrogens is 180 g/mol. The number of methoxy groups -OCH3 is 1. The highest BCUT2D eigenvalue weighted by Gasteiger charge is 2.10. The van der Waals surface area contributed by atoms with E-state index in [1.807, 2.05) is 0 Å². The summed E-state index contributed by atoms with van der Waals surface area (Å²) in [5.74, 6) is -0.424. The third kappa shape index (κ3) is 6.66. The van der Waals surface area contributed by atoms with Crippen LogP contribution in [0.1, 0.15) is 39.0 Å². The van der Waals surface area contributed by atoms with E-state index in [2.05, 4.69) is 13.5 Å². The molecular formula is C11H20O3. The number of carbonyl (C=O) groups excluding carboxylic acids is 1. The molecule has 0 aromatic rings. The fourth-order valence-electron chi connectivity index (χ4n) is 1.14. The predicted octanol–water partition coefficient (Wildman–Crippen LogP) is 2.66. The van der Waals surface area contributed by atoms with E-state index in [0.717, 1.165) is 25.3 Å². The highest BCUT2D eigenvalue weighted by atomic mass is 16.7. The summed E-state index contributed by atoms with van der Waals surface area (Å²) in [6.45, 7) is 5.49. The molecule has 0 bridgehead atoms. The fourth-order valence-corrected chi connectivity index (χ4v) is 1.14. The second-order valence-corrected chi connectivity index (χ2v) is 3.16. The molecule has 0 aliphatic carbocycles. The zero-order chi connectivity index (χ0) is 10.8.